The minimum absolute atomic E-state index is 0.0546. The summed E-state index contributed by atoms with van der Waals surface area (Å²) in [6.07, 6.45) is 2.64. The van der Waals surface area contributed by atoms with Crippen molar-refractivity contribution in [3.05, 3.63) is 46.7 Å². The molecule has 2 rings (SSSR count). The molecule has 0 aliphatic rings. The second kappa shape index (κ2) is 5.71. The van der Waals surface area contributed by atoms with E-state index in [0.717, 1.165) is 4.47 Å². The van der Waals surface area contributed by atoms with Crippen molar-refractivity contribution in [2.75, 3.05) is 12.4 Å². The molecule has 0 saturated heterocycles. The Bertz CT molecular complexity index is 617. The van der Waals surface area contributed by atoms with E-state index in [1.165, 1.54) is 18.5 Å². The molecule has 1 amide bonds. The van der Waals surface area contributed by atoms with Gasteiger partial charge in [0.2, 0.25) is 0 Å². The number of anilines is 1. The zero-order valence-electron chi connectivity index (χ0n) is 10.1. The predicted molar refractivity (Wildman–Crippen MR) is 74.5 cm³/mol. The fraction of sp³-hybridized carbons (Fsp3) is 0.0769. The Morgan fingerprint density at radius 1 is 1.37 bits per heavy atom. The van der Waals surface area contributed by atoms with Gasteiger partial charge in [-0.15, -0.1) is 0 Å². The zero-order chi connectivity index (χ0) is 13.8. The van der Waals surface area contributed by atoms with Crippen molar-refractivity contribution in [2.45, 2.75) is 0 Å². The molecule has 0 fully saturated rings. The number of aromatic nitrogens is 1. The van der Waals surface area contributed by atoms with Crippen molar-refractivity contribution < 1.29 is 14.6 Å². The van der Waals surface area contributed by atoms with Gasteiger partial charge in [-0.25, -0.2) is 0 Å². The predicted octanol–water partition coefficient (Wildman–Crippen LogP) is 2.81. The highest BCUT2D eigenvalue weighted by molar-refractivity contribution is 9.10. The van der Waals surface area contributed by atoms with Crippen molar-refractivity contribution in [2.24, 2.45) is 0 Å². The molecule has 5 nitrogen and oxygen atoms in total. The third-order valence-electron chi connectivity index (χ3n) is 2.39. The van der Waals surface area contributed by atoms with Crippen LogP contribution in [0.25, 0.3) is 0 Å². The third kappa shape index (κ3) is 3.23. The molecule has 0 spiro atoms. The number of pyridine rings is 1. The molecule has 6 heteroatoms. The number of nitrogens with zero attached hydrogens (tertiary/aromatic N) is 1. The summed E-state index contributed by atoms with van der Waals surface area (Å²) >= 11 is 3.33. The summed E-state index contributed by atoms with van der Waals surface area (Å²) in [7, 11) is 1.55. The monoisotopic (exact) mass is 322 g/mol. The van der Waals surface area contributed by atoms with E-state index >= 15 is 0 Å². The van der Waals surface area contributed by atoms with Crippen molar-refractivity contribution in [3.63, 3.8) is 0 Å². The lowest BCUT2D eigenvalue weighted by Gasteiger charge is -2.08. The van der Waals surface area contributed by atoms with E-state index in [9.17, 15) is 9.90 Å². The number of hydrogen-bond donors (Lipinski definition) is 2. The van der Waals surface area contributed by atoms with Gasteiger partial charge in [0, 0.05) is 18.0 Å². The summed E-state index contributed by atoms with van der Waals surface area (Å²) in [5, 5.41) is 12.0. The minimum atomic E-state index is -0.354. The van der Waals surface area contributed by atoms with Crippen LogP contribution in [0.15, 0.2) is 41.1 Å². The summed E-state index contributed by atoms with van der Waals surface area (Å²) in [6.45, 7) is 0. The normalized spacial score (nSPS) is 10.0. The fourth-order valence-corrected chi connectivity index (χ4v) is 1.90. The molecule has 0 radical (unpaired) electrons. The standard InChI is InChI=1S/C13H11BrN2O3/c1-19-12-5-9(2-3-11(12)14)16-13(18)8-4-10(17)7-15-6-8/h2-7,17H,1H3,(H,16,18). The Balaban J connectivity index is 2.19. The van der Waals surface area contributed by atoms with Crippen LogP contribution in [-0.2, 0) is 0 Å². The van der Waals surface area contributed by atoms with Gasteiger partial charge in [0.15, 0.2) is 0 Å². The molecule has 19 heavy (non-hydrogen) atoms. The molecule has 2 aromatic rings. The van der Waals surface area contributed by atoms with Gasteiger partial charge >= 0.3 is 0 Å². The molecule has 0 bridgehead atoms. The number of nitrogens with one attached hydrogen (secondary N) is 1. The number of benzene rings is 1. The summed E-state index contributed by atoms with van der Waals surface area (Å²) in [4.78, 5) is 15.7. The molecule has 1 heterocycles. The average molecular weight is 323 g/mol. The van der Waals surface area contributed by atoms with Crippen LogP contribution in [0.2, 0.25) is 0 Å². The molecule has 0 saturated carbocycles. The summed E-state index contributed by atoms with van der Waals surface area (Å²) in [5.74, 6) is 0.209. The maximum absolute atomic E-state index is 11.9. The quantitative estimate of drug-likeness (QED) is 0.911. The van der Waals surface area contributed by atoms with Crippen LogP contribution in [0.5, 0.6) is 11.5 Å². The first-order valence-corrected chi connectivity index (χ1v) is 6.18. The van der Waals surface area contributed by atoms with E-state index < -0.39 is 0 Å². The number of ether oxygens (including phenoxy) is 1. The van der Waals surface area contributed by atoms with Gasteiger partial charge in [-0.05, 0) is 34.1 Å². The van der Waals surface area contributed by atoms with Gasteiger partial charge in [0.1, 0.15) is 11.5 Å². The lowest BCUT2D eigenvalue weighted by atomic mass is 10.2. The van der Waals surface area contributed by atoms with Gasteiger partial charge in [0.25, 0.3) is 5.91 Å². The van der Waals surface area contributed by atoms with E-state index in [1.54, 1.807) is 25.3 Å². The third-order valence-corrected chi connectivity index (χ3v) is 3.05. The van der Waals surface area contributed by atoms with E-state index in [2.05, 4.69) is 26.2 Å². The van der Waals surface area contributed by atoms with Crippen molar-refractivity contribution in [1.82, 2.24) is 4.98 Å². The van der Waals surface area contributed by atoms with Crippen LogP contribution in [0.1, 0.15) is 10.4 Å². The Morgan fingerprint density at radius 2 is 2.16 bits per heavy atom. The van der Waals surface area contributed by atoms with E-state index in [1.807, 2.05) is 0 Å². The van der Waals surface area contributed by atoms with Crippen molar-refractivity contribution in [1.29, 1.82) is 0 Å². The number of rotatable bonds is 3. The summed E-state index contributed by atoms with van der Waals surface area (Å²) in [6, 6.07) is 6.55. The minimum Gasteiger partial charge on any atom is -0.506 e. The first kappa shape index (κ1) is 13.4. The van der Waals surface area contributed by atoms with Gasteiger partial charge in [-0.1, -0.05) is 0 Å². The Labute approximate surface area is 118 Å². The van der Waals surface area contributed by atoms with Crippen LogP contribution in [0.4, 0.5) is 5.69 Å². The number of aromatic hydroxyl groups is 1. The van der Waals surface area contributed by atoms with E-state index in [4.69, 9.17) is 4.74 Å². The maximum atomic E-state index is 11.9. The van der Waals surface area contributed by atoms with Crippen LogP contribution < -0.4 is 10.1 Å². The van der Waals surface area contributed by atoms with Gasteiger partial charge in [-0.2, -0.15) is 0 Å². The number of hydrogen-bond acceptors (Lipinski definition) is 4. The zero-order valence-corrected chi connectivity index (χ0v) is 11.6. The van der Waals surface area contributed by atoms with Crippen LogP contribution >= 0.6 is 15.9 Å². The van der Waals surface area contributed by atoms with Gasteiger partial charge in [-0.3, -0.25) is 9.78 Å². The number of halogens is 1. The van der Waals surface area contributed by atoms with Crippen molar-refractivity contribution in [3.8, 4) is 11.5 Å². The molecule has 98 valence electrons. The topological polar surface area (TPSA) is 71.5 Å². The molecule has 0 aliphatic carbocycles. The average Bonchev–Trinajstić information content (AvgIpc) is 2.41. The Morgan fingerprint density at radius 3 is 2.84 bits per heavy atom. The summed E-state index contributed by atoms with van der Waals surface area (Å²) in [5.41, 5.74) is 0.871. The second-order valence-electron chi connectivity index (χ2n) is 3.74. The number of methoxy groups -OCH3 is 1. The molecule has 1 aromatic heterocycles. The van der Waals surface area contributed by atoms with E-state index in [0.29, 0.717) is 11.4 Å². The second-order valence-corrected chi connectivity index (χ2v) is 4.59. The highest BCUT2D eigenvalue weighted by Gasteiger charge is 2.09. The fourth-order valence-electron chi connectivity index (χ4n) is 1.49. The molecule has 0 aliphatic heterocycles. The highest BCUT2D eigenvalue weighted by atomic mass is 79.9. The molecular formula is C13H11BrN2O3. The maximum Gasteiger partial charge on any atom is 0.257 e. The number of carbonyl (C=O) groups is 1. The highest BCUT2D eigenvalue weighted by Crippen LogP contribution is 2.28. The van der Waals surface area contributed by atoms with Gasteiger partial charge < -0.3 is 15.2 Å². The molecule has 1 aromatic carbocycles. The lowest BCUT2D eigenvalue weighted by Crippen LogP contribution is -2.12. The Hall–Kier alpha value is -2.08. The number of amides is 1. The molecule has 0 atom stereocenters. The van der Waals surface area contributed by atoms with E-state index in [-0.39, 0.29) is 17.2 Å². The van der Waals surface area contributed by atoms with Crippen molar-refractivity contribution >= 4 is 27.5 Å². The first-order chi connectivity index (χ1) is 9.10. The van der Waals surface area contributed by atoms with Crippen LogP contribution in [-0.4, -0.2) is 23.1 Å². The Kier molecular flexibility index (Phi) is 4.01. The molecular weight excluding hydrogens is 312 g/mol. The molecule has 2 N–H and O–H groups in total. The van der Waals surface area contributed by atoms with Crippen LogP contribution in [0, 0.1) is 0 Å². The first-order valence-electron chi connectivity index (χ1n) is 5.39. The summed E-state index contributed by atoms with van der Waals surface area (Å²) < 4.78 is 5.94. The van der Waals surface area contributed by atoms with Crippen LogP contribution in [0.3, 0.4) is 0 Å². The molecule has 0 unspecified atom stereocenters. The SMILES string of the molecule is COc1cc(NC(=O)c2cncc(O)c2)ccc1Br. The van der Waals surface area contributed by atoms with Gasteiger partial charge in [0.05, 0.1) is 23.3 Å². The largest absolute Gasteiger partial charge is 0.506 e. The number of carbonyl (C=O) groups excluding carboxylic acids is 1. The smallest absolute Gasteiger partial charge is 0.257 e. The lowest BCUT2D eigenvalue weighted by molar-refractivity contribution is 0.102.